The lowest BCUT2D eigenvalue weighted by Crippen LogP contribution is -1.87. The van der Waals surface area contributed by atoms with Crippen LogP contribution in [0, 0.1) is 19.7 Å². The second-order valence-corrected chi connectivity index (χ2v) is 3.25. The highest BCUT2D eigenvalue weighted by Gasteiger charge is 2.03. The molecule has 0 saturated carbocycles. The minimum atomic E-state index is -0.193. The van der Waals surface area contributed by atoms with Crippen molar-refractivity contribution in [2.75, 3.05) is 0 Å². The molecule has 1 aromatic heterocycles. The van der Waals surface area contributed by atoms with Crippen molar-refractivity contribution in [1.82, 2.24) is 4.98 Å². The number of hydrogen-bond acceptors (Lipinski definition) is 1. The van der Waals surface area contributed by atoms with E-state index < -0.39 is 0 Å². The molecule has 1 nitrogen and oxygen atoms in total. The van der Waals surface area contributed by atoms with Gasteiger partial charge in [0.15, 0.2) is 0 Å². The highest BCUT2D eigenvalue weighted by atomic mass is 19.1. The number of pyridine rings is 1. The van der Waals surface area contributed by atoms with Gasteiger partial charge in [0.1, 0.15) is 5.82 Å². The van der Waals surface area contributed by atoms with E-state index in [4.69, 9.17) is 0 Å². The molecule has 0 unspecified atom stereocenters. The van der Waals surface area contributed by atoms with Crippen molar-refractivity contribution >= 4 is 10.9 Å². The Hall–Kier alpha value is -1.44. The molecule has 0 N–H and O–H groups in total. The van der Waals surface area contributed by atoms with Crippen LogP contribution in [0.4, 0.5) is 4.39 Å². The predicted molar refractivity (Wildman–Crippen MR) is 51.2 cm³/mol. The summed E-state index contributed by atoms with van der Waals surface area (Å²) in [5, 5.41) is 0.903. The molecule has 0 radical (unpaired) electrons. The standard InChI is InChI=1S/C11H10FN/c1-7-3-4-13-11-8(2)5-9(12)6-10(7)11/h3-6H,1-2H3. The third-order valence-electron chi connectivity index (χ3n) is 2.22. The molecule has 2 aromatic rings. The Morgan fingerprint density at radius 2 is 1.92 bits per heavy atom. The lowest BCUT2D eigenvalue weighted by molar-refractivity contribution is 0.628. The summed E-state index contributed by atoms with van der Waals surface area (Å²) in [5.74, 6) is -0.193. The first-order valence-electron chi connectivity index (χ1n) is 4.20. The van der Waals surface area contributed by atoms with Crippen molar-refractivity contribution < 1.29 is 4.39 Å². The maximum absolute atomic E-state index is 13.0. The zero-order chi connectivity index (χ0) is 9.42. The molecule has 0 fully saturated rings. The van der Waals surface area contributed by atoms with Gasteiger partial charge in [-0.2, -0.15) is 0 Å². The number of nitrogens with zero attached hydrogens (tertiary/aromatic N) is 1. The molecule has 1 heterocycles. The molecule has 0 aliphatic rings. The highest BCUT2D eigenvalue weighted by molar-refractivity contribution is 5.84. The molecule has 0 spiro atoms. The summed E-state index contributed by atoms with van der Waals surface area (Å²) in [7, 11) is 0. The van der Waals surface area contributed by atoms with Crippen LogP contribution in [0.2, 0.25) is 0 Å². The molecule has 0 atom stereocenters. The first kappa shape index (κ1) is 8.17. The lowest BCUT2D eigenvalue weighted by atomic mass is 10.1. The van der Waals surface area contributed by atoms with Crippen LogP contribution in [-0.4, -0.2) is 4.98 Å². The number of benzene rings is 1. The Labute approximate surface area is 76.2 Å². The number of rotatable bonds is 0. The van der Waals surface area contributed by atoms with Gasteiger partial charge in [-0.1, -0.05) is 0 Å². The van der Waals surface area contributed by atoms with E-state index >= 15 is 0 Å². The quantitative estimate of drug-likeness (QED) is 0.599. The number of aryl methyl sites for hydroxylation is 2. The van der Waals surface area contributed by atoms with Crippen LogP contribution in [0.1, 0.15) is 11.1 Å². The zero-order valence-electron chi connectivity index (χ0n) is 7.63. The first-order valence-corrected chi connectivity index (χ1v) is 4.20. The zero-order valence-corrected chi connectivity index (χ0v) is 7.63. The van der Waals surface area contributed by atoms with E-state index in [1.807, 2.05) is 19.9 Å². The summed E-state index contributed by atoms with van der Waals surface area (Å²) in [6, 6.07) is 4.93. The smallest absolute Gasteiger partial charge is 0.124 e. The molecule has 2 heteroatoms. The topological polar surface area (TPSA) is 12.9 Å². The maximum Gasteiger partial charge on any atom is 0.124 e. The monoisotopic (exact) mass is 175 g/mol. The fraction of sp³-hybridized carbons (Fsp3) is 0.182. The van der Waals surface area contributed by atoms with E-state index in [9.17, 15) is 4.39 Å². The fourth-order valence-corrected chi connectivity index (χ4v) is 1.52. The van der Waals surface area contributed by atoms with Crippen LogP contribution in [-0.2, 0) is 0 Å². The molecule has 2 rings (SSSR count). The molecule has 1 aromatic carbocycles. The Balaban J connectivity index is 2.94. The largest absolute Gasteiger partial charge is 0.256 e. The van der Waals surface area contributed by atoms with Gasteiger partial charge in [0.2, 0.25) is 0 Å². The van der Waals surface area contributed by atoms with Crippen molar-refractivity contribution in [2.24, 2.45) is 0 Å². The van der Waals surface area contributed by atoms with E-state index in [-0.39, 0.29) is 5.82 Å². The summed E-state index contributed by atoms with van der Waals surface area (Å²) in [5.41, 5.74) is 2.84. The molecule has 13 heavy (non-hydrogen) atoms. The van der Waals surface area contributed by atoms with Gasteiger partial charge in [-0.25, -0.2) is 4.39 Å². The van der Waals surface area contributed by atoms with E-state index in [1.165, 1.54) is 12.1 Å². The Morgan fingerprint density at radius 3 is 2.69 bits per heavy atom. The van der Waals surface area contributed by atoms with E-state index in [1.54, 1.807) is 6.20 Å². The normalized spacial score (nSPS) is 10.7. The summed E-state index contributed by atoms with van der Waals surface area (Å²) in [4.78, 5) is 4.22. The van der Waals surface area contributed by atoms with Crippen LogP contribution >= 0.6 is 0 Å². The van der Waals surface area contributed by atoms with Gasteiger partial charge in [0.05, 0.1) is 5.52 Å². The molecule has 0 aliphatic carbocycles. The van der Waals surface area contributed by atoms with Gasteiger partial charge < -0.3 is 0 Å². The van der Waals surface area contributed by atoms with Crippen molar-refractivity contribution in [1.29, 1.82) is 0 Å². The number of hydrogen-bond donors (Lipinski definition) is 0. The van der Waals surface area contributed by atoms with Gasteiger partial charge in [0, 0.05) is 11.6 Å². The lowest BCUT2D eigenvalue weighted by Gasteiger charge is -2.03. The number of halogens is 1. The van der Waals surface area contributed by atoms with Crippen molar-refractivity contribution in [3.63, 3.8) is 0 Å². The predicted octanol–water partition coefficient (Wildman–Crippen LogP) is 2.99. The summed E-state index contributed by atoms with van der Waals surface area (Å²) >= 11 is 0. The van der Waals surface area contributed by atoms with Gasteiger partial charge in [0.25, 0.3) is 0 Å². The average Bonchev–Trinajstić information content (AvgIpc) is 2.07. The second-order valence-electron chi connectivity index (χ2n) is 3.25. The fourth-order valence-electron chi connectivity index (χ4n) is 1.52. The molecule has 0 bridgehead atoms. The number of fused-ring (bicyclic) bond motifs is 1. The summed E-state index contributed by atoms with van der Waals surface area (Å²) < 4.78 is 13.0. The highest BCUT2D eigenvalue weighted by Crippen LogP contribution is 2.20. The average molecular weight is 175 g/mol. The Kier molecular flexibility index (Phi) is 1.76. The minimum Gasteiger partial charge on any atom is -0.256 e. The SMILES string of the molecule is Cc1ccnc2c(C)cc(F)cc12. The maximum atomic E-state index is 13.0. The third kappa shape index (κ3) is 1.28. The van der Waals surface area contributed by atoms with E-state index in [0.29, 0.717) is 0 Å². The summed E-state index contributed by atoms with van der Waals surface area (Å²) in [6.07, 6.45) is 1.75. The van der Waals surface area contributed by atoms with E-state index in [2.05, 4.69) is 4.98 Å². The van der Waals surface area contributed by atoms with Crippen LogP contribution < -0.4 is 0 Å². The van der Waals surface area contributed by atoms with Crippen LogP contribution in [0.25, 0.3) is 10.9 Å². The molecular formula is C11H10FN. The molecule has 0 saturated heterocycles. The molecule has 66 valence electrons. The van der Waals surface area contributed by atoms with Gasteiger partial charge in [-0.15, -0.1) is 0 Å². The molecule has 0 aliphatic heterocycles. The van der Waals surface area contributed by atoms with Crippen LogP contribution in [0.15, 0.2) is 24.4 Å². The third-order valence-corrected chi connectivity index (χ3v) is 2.22. The van der Waals surface area contributed by atoms with Gasteiger partial charge in [-0.3, -0.25) is 4.98 Å². The molecule has 0 amide bonds. The van der Waals surface area contributed by atoms with Crippen LogP contribution in [0.5, 0.6) is 0 Å². The van der Waals surface area contributed by atoms with Crippen LogP contribution in [0.3, 0.4) is 0 Å². The first-order chi connectivity index (χ1) is 6.18. The Bertz CT molecular complexity index is 463. The van der Waals surface area contributed by atoms with Crippen molar-refractivity contribution in [2.45, 2.75) is 13.8 Å². The van der Waals surface area contributed by atoms with Crippen molar-refractivity contribution in [3.05, 3.63) is 41.3 Å². The summed E-state index contributed by atoms with van der Waals surface area (Å²) in [6.45, 7) is 3.83. The second kappa shape index (κ2) is 2.80. The van der Waals surface area contributed by atoms with E-state index in [0.717, 1.165) is 22.0 Å². The molecular weight excluding hydrogens is 165 g/mol. The van der Waals surface area contributed by atoms with Gasteiger partial charge >= 0.3 is 0 Å². The Morgan fingerprint density at radius 1 is 1.15 bits per heavy atom. The minimum absolute atomic E-state index is 0.193. The van der Waals surface area contributed by atoms with Crippen molar-refractivity contribution in [3.8, 4) is 0 Å². The number of aromatic nitrogens is 1. The van der Waals surface area contributed by atoms with Gasteiger partial charge in [-0.05, 0) is 43.2 Å².